The normalized spacial score (nSPS) is 10.3. The quantitative estimate of drug-likeness (QED) is 0.548. The Morgan fingerprint density at radius 2 is 1.74 bits per heavy atom. The summed E-state index contributed by atoms with van der Waals surface area (Å²) in [6.45, 7) is -0.255. The molecule has 0 aliphatic rings. The molecule has 2 aromatic carbocycles. The van der Waals surface area contributed by atoms with Crippen LogP contribution in [0.1, 0.15) is 20.7 Å². The first-order chi connectivity index (χ1) is 14.9. The summed E-state index contributed by atoms with van der Waals surface area (Å²) in [5, 5.41) is 5.54. The fourth-order valence-corrected chi connectivity index (χ4v) is 3.11. The van der Waals surface area contributed by atoms with Crippen LogP contribution < -0.4 is 15.4 Å². The standard InChI is InChI=1S/C22H20ClN3O5/c1-30-19-12-18(26-8-3-4-9-26)17(23)11-16(19)22(29)25-15-7-5-6-14(10-15)21(28)24-13-20(27)31-2/h3-12H,13H2,1-2H3,(H,24,28)(H,25,29). The van der Waals surface area contributed by atoms with Crippen LogP contribution in [0, 0.1) is 0 Å². The van der Waals surface area contributed by atoms with Crippen molar-refractivity contribution in [3.8, 4) is 11.4 Å². The molecule has 9 heteroatoms. The molecule has 3 aromatic rings. The average molecular weight is 442 g/mol. The molecule has 0 fully saturated rings. The monoisotopic (exact) mass is 441 g/mol. The smallest absolute Gasteiger partial charge is 0.325 e. The summed E-state index contributed by atoms with van der Waals surface area (Å²) in [5.74, 6) is -1.15. The summed E-state index contributed by atoms with van der Waals surface area (Å²) >= 11 is 6.39. The number of halogens is 1. The minimum Gasteiger partial charge on any atom is -0.496 e. The van der Waals surface area contributed by atoms with E-state index >= 15 is 0 Å². The summed E-state index contributed by atoms with van der Waals surface area (Å²) in [7, 11) is 2.70. The molecule has 0 saturated carbocycles. The molecule has 1 heterocycles. The molecule has 31 heavy (non-hydrogen) atoms. The van der Waals surface area contributed by atoms with E-state index in [1.165, 1.54) is 26.4 Å². The summed E-state index contributed by atoms with van der Waals surface area (Å²) in [6, 6.07) is 13.2. The average Bonchev–Trinajstić information content (AvgIpc) is 3.31. The highest BCUT2D eigenvalue weighted by Crippen LogP contribution is 2.30. The Morgan fingerprint density at radius 3 is 2.42 bits per heavy atom. The molecule has 0 unspecified atom stereocenters. The first-order valence-electron chi connectivity index (χ1n) is 9.20. The molecule has 0 radical (unpaired) electrons. The third kappa shape index (κ3) is 5.23. The van der Waals surface area contributed by atoms with Crippen LogP contribution in [-0.4, -0.2) is 43.1 Å². The zero-order valence-corrected chi connectivity index (χ0v) is 17.6. The molecule has 0 spiro atoms. The molecule has 160 valence electrons. The van der Waals surface area contributed by atoms with E-state index in [0.717, 1.165) is 0 Å². The lowest BCUT2D eigenvalue weighted by molar-refractivity contribution is -0.139. The van der Waals surface area contributed by atoms with Gasteiger partial charge in [0.15, 0.2) is 0 Å². The van der Waals surface area contributed by atoms with Gasteiger partial charge in [0.1, 0.15) is 12.3 Å². The van der Waals surface area contributed by atoms with E-state index in [9.17, 15) is 14.4 Å². The maximum absolute atomic E-state index is 12.9. The second-order valence-corrected chi connectivity index (χ2v) is 6.80. The molecule has 1 aromatic heterocycles. The van der Waals surface area contributed by atoms with Gasteiger partial charge in [-0.15, -0.1) is 0 Å². The van der Waals surface area contributed by atoms with Crippen LogP contribution in [0.15, 0.2) is 60.9 Å². The predicted octanol–water partition coefficient (Wildman–Crippen LogP) is 3.29. The topological polar surface area (TPSA) is 98.7 Å². The molecule has 0 bridgehead atoms. The number of ether oxygens (including phenoxy) is 2. The van der Waals surface area contributed by atoms with Crippen LogP contribution in [-0.2, 0) is 9.53 Å². The Morgan fingerprint density at radius 1 is 1.00 bits per heavy atom. The maximum Gasteiger partial charge on any atom is 0.325 e. The van der Waals surface area contributed by atoms with Gasteiger partial charge in [0.05, 0.1) is 30.5 Å². The summed E-state index contributed by atoms with van der Waals surface area (Å²) < 4.78 is 11.7. The van der Waals surface area contributed by atoms with Gasteiger partial charge in [-0.25, -0.2) is 0 Å². The van der Waals surface area contributed by atoms with Gasteiger partial charge in [0.25, 0.3) is 11.8 Å². The number of benzene rings is 2. The molecule has 2 N–H and O–H groups in total. The summed E-state index contributed by atoms with van der Waals surface area (Å²) in [4.78, 5) is 36.2. The minimum atomic E-state index is -0.565. The van der Waals surface area contributed by atoms with Crippen LogP contribution in [0.3, 0.4) is 0 Å². The van der Waals surface area contributed by atoms with E-state index in [1.807, 2.05) is 29.1 Å². The number of nitrogens with zero attached hydrogens (tertiary/aromatic N) is 1. The van der Waals surface area contributed by atoms with Gasteiger partial charge in [0.2, 0.25) is 0 Å². The van der Waals surface area contributed by atoms with Crippen molar-refractivity contribution in [1.82, 2.24) is 9.88 Å². The zero-order chi connectivity index (χ0) is 22.4. The van der Waals surface area contributed by atoms with E-state index in [-0.39, 0.29) is 17.7 Å². The molecule has 0 atom stereocenters. The molecule has 0 saturated heterocycles. The van der Waals surface area contributed by atoms with E-state index in [1.54, 1.807) is 24.3 Å². The Labute approximate surface area is 183 Å². The largest absolute Gasteiger partial charge is 0.496 e. The first-order valence-corrected chi connectivity index (χ1v) is 9.58. The van der Waals surface area contributed by atoms with Crippen LogP contribution in [0.5, 0.6) is 5.75 Å². The van der Waals surface area contributed by atoms with Crippen LogP contribution >= 0.6 is 11.6 Å². The number of carbonyl (C=O) groups excluding carboxylic acids is 3. The summed E-state index contributed by atoms with van der Waals surface area (Å²) in [6.07, 6.45) is 3.66. The molecule has 2 amide bonds. The second kappa shape index (κ2) is 9.82. The lowest BCUT2D eigenvalue weighted by Crippen LogP contribution is -2.30. The number of hydrogen-bond donors (Lipinski definition) is 2. The molecular formula is C22H20ClN3O5. The van der Waals surface area contributed by atoms with Crippen molar-refractivity contribution < 1.29 is 23.9 Å². The van der Waals surface area contributed by atoms with Crippen molar-refractivity contribution >= 4 is 35.1 Å². The number of carbonyl (C=O) groups is 3. The lowest BCUT2D eigenvalue weighted by atomic mass is 10.1. The Hall–Kier alpha value is -3.78. The predicted molar refractivity (Wildman–Crippen MR) is 116 cm³/mol. The van der Waals surface area contributed by atoms with Crippen molar-refractivity contribution in [3.05, 3.63) is 77.1 Å². The van der Waals surface area contributed by atoms with Crippen molar-refractivity contribution in [2.45, 2.75) is 0 Å². The molecular weight excluding hydrogens is 422 g/mol. The van der Waals surface area contributed by atoms with Gasteiger partial charge >= 0.3 is 5.97 Å². The number of hydrogen-bond acceptors (Lipinski definition) is 5. The van der Waals surface area contributed by atoms with Crippen molar-refractivity contribution in [2.24, 2.45) is 0 Å². The molecule has 3 rings (SSSR count). The van der Waals surface area contributed by atoms with Gasteiger partial charge < -0.3 is 24.7 Å². The summed E-state index contributed by atoms with van der Waals surface area (Å²) in [5.41, 5.74) is 1.58. The Kier molecular flexibility index (Phi) is 6.94. The SMILES string of the molecule is COC(=O)CNC(=O)c1cccc(NC(=O)c2cc(Cl)c(-n3cccc3)cc2OC)c1. The molecule has 8 nitrogen and oxygen atoms in total. The third-order valence-corrected chi connectivity index (χ3v) is 4.70. The van der Waals surface area contributed by atoms with Crippen LogP contribution in [0.25, 0.3) is 5.69 Å². The van der Waals surface area contributed by atoms with Crippen molar-refractivity contribution in [1.29, 1.82) is 0 Å². The van der Waals surface area contributed by atoms with Gasteiger partial charge in [-0.3, -0.25) is 14.4 Å². The van der Waals surface area contributed by atoms with Crippen LogP contribution in [0.4, 0.5) is 5.69 Å². The number of esters is 1. The van der Waals surface area contributed by atoms with Gasteiger partial charge in [0, 0.05) is 29.7 Å². The highest BCUT2D eigenvalue weighted by atomic mass is 35.5. The number of nitrogens with one attached hydrogen (secondary N) is 2. The van der Waals surface area contributed by atoms with Crippen molar-refractivity contribution in [2.75, 3.05) is 26.1 Å². The first kappa shape index (κ1) is 21.9. The van der Waals surface area contributed by atoms with Gasteiger partial charge in [-0.2, -0.15) is 0 Å². The van der Waals surface area contributed by atoms with E-state index in [2.05, 4.69) is 15.4 Å². The van der Waals surface area contributed by atoms with Crippen molar-refractivity contribution in [3.63, 3.8) is 0 Å². The van der Waals surface area contributed by atoms with E-state index in [4.69, 9.17) is 16.3 Å². The number of anilines is 1. The molecule has 0 aliphatic heterocycles. The highest BCUT2D eigenvalue weighted by molar-refractivity contribution is 6.33. The Bertz CT molecular complexity index is 1110. The maximum atomic E-state index is 12.9. The second-order valence-electron chi connectivity index (χ2n) is 6.39. The fourth-order valence-electron chi connectivity index (χ4n) is 2.85. The third-order valence-electron chi connectivity index (χ3n) is 4.40. The molecule has 0 aliphatic carbocycles. The number of amides is 2. The number of rotatable bonds is 7. The lowest BCUT2D eigenvalue weighted by Gasteiger charge is -2.14. The van der Waals surface area contributed by atoms with E-state index < -0.39 is 17.8 Å². The van der Waals surface area contributed by atoms with E-state index in [0.29, 0.717) is 22.1 Å². The number of methoxy groups -OCH3 is 2. The van der Waals surface area contributed by atoms with Crippen LogP contribution in [0.2, 0.25) is 5.02 Å². The van der Waals surface area contributed by atoms with Gasteiger partial charge in [-0.1, -0.05) is 17.7 Å². The minimum absolute atomic E-state index is 0.240. The number of aromatic nitrogens is 1. The van der Waals surface area contributed by atoms with Gasteiger partial charge in [-0.05, 0) is 36.4 Å². The highest BCUT2D eigenvalue weighted by Gasteiger charge is 2.17. The zero-order valence-electron chi connectivity index (χ0n) is 16.8. The fraction of sp³-hybridized carbons (Fsp3) is 0.136. The Balaban J connectivity index is 1.79.